The zero-order valence-electron chi connectivity index (χ0n) is 9.75. The molecule has 20 heavy (non-hydrogen) atoms. The molecule has 104 valence electrons. The molecule has 0 atom stereocenters. The van der Waals surface area contributed by atoms with Crippen LogP contribution in [0.5, 0.6) is 5.75 Å². The Morgan fingerprint density at radius 1 is 1.05 bits per heavy atom. The van der Waals surface area contributed by atoms with Gasteiger partial charge in [-0.3, -0.25) is 4.79 Å². The van der Waals surface area contributed by atoms with Gasteiger partial charge in [0, 0.05) is 14.6 Å². The summed E-state index contributed by atoms with van der Waals surface area (Å²) in [5.41, 5.74) is 0.633. The highest BCUT2D eigenvalue weighted by molar-refractivity contribution is 9.13. The molecule has 2 aromatic rings. The van der Waals surface area contributed by atoms with Crippen LogP contribution in [0.15, 0.2) is 39.3 Å². The highest BCUT2D eigenvalue weighted by Crippen LogP contribution is 2.31. The summed E-state index contributed by atoms with van der Waals surface area (Å²) in [7, 11) is 0. The van der Waals surface area contributed by atoms with Crippen LogP contribution in [0.4, 0.5) is 5.69 Å². The Morgan fingerprint density at radius 2 is 1.70 bits per heavy atom. The number of carbonyl (C=O) groups is 1. The minimum atomic E-state index is -0.450. The van der Waals surface area contributed by atoms with E-state index in [9.17, 15) is 9.90 Å². The molecule has 0 heterocycles. The summed E-state index contributed by atoms with van der Waals surface area (Å²) in [6.07, 6.45) is 0. The van der Waals surface area contributed by atoms with Gasteiger partial charge in [-0.25, -0.2) is 0 Å². The Labute approximate surface area is 142 Å². The van der Waals surface area contributed by atoms with Crippen molar-refractivity contribution in [3.63, 3.8) is 0 Å². The van der Waals surface area contributed by atoms with Crippen molar-refractivity contribution in [3.8, 4) is 5.75 Å². The molecule has 2 aromatic carbocycles. The quantitative estimate of drug-likeness (QED) is 0.651. The second-order valence-electron chi connectivity index (χ2n) is 3.87. The maximum Gasteiger partial charge on any atom is 0.259 e. The molecule has 2 N–H and O–H groups in total. The van der Waals surface area contributed by atoms with Crippen molar-refractivity contribution in [2.45, 2.75) is 0 Å². The van der Waals surface area contributed by atoms with E-state index in [0.29, 0.717) is 24.7 Å². The van der Waals surface area contributed by atoms with E-state index in [1.54, 1.807) is 12.1 Å². The third kappa shape index (κ3) is 3.47. The number of phenols is 1. The van der Waals surface area contributed by atoms with Crippen LogP contribution in [0.25, 0.3) is 0 Å². The molecule has 0 saturated carbocycles. The number of aromatic hydroxyl groups is 1. The van der Waals surface area contributed by atoms with Crippen LogP contribution in [-0.4, -0.2) is 11.0 Å². The van der Waals surface area contributed by atoms with Gasteiger partial charge in [0.2, 0.25) is 0 Å². The average molecular weight is 440 g/mol. The fourth-order valence-electron chi connectivity index (χ4n) is 1.49. The van der Waals surface area contributed by atoms with Gasteiger partial charge in [0.15, 0.2) is 0 Å². The van der Waals surface area contributed by atoms with Gasteiger partial charge in [-0.15, -0.1) is 0 Å². The summed E-state index contributed by atoms with van der Waals surface area (Å²) < 4.78 is 1.32. The zero-order valence-corrected chi connectivity index (χ0v) is 14.4. The van der Waals surface area contributed by atoms with Gasteiger partial charge in [-0.05, 0) is 62.2 Å². The summed E-state index contributed by atoms with van der Waals surface area (Å²) in [5.74, 6) is -0.577. The number of rotatable bonds is 2. The van der Waals surface area contributed by atoms with Crippen LogP contribution < -0.4 is 5.32 Å². The predicted molar refractivity (Wildman–Crippen MR) is 87.9 cm³/mol. The molecule has 0 aliphatic carbocycles. The number of anilines is 1. The van der Waals surface area contributed by atoms with Crippen molar-refractivity contribution >= 4 is 66.7 Å². The van der Waals surface area contributed by atoms with Crippen molar-refractivity contribution in [2.75, 3.05) is 5.32 Å². The van der Waals surface area contributed by atoms with Gasteiger partial charge in [0.1, 0.15) is 5.75 Å². The topological polar surface area (TPSA) is 49.3 Å². The molecule has 2 rings (SSSR count). The minimum Gasteiger partial charge on any atom is -0.507 e. The van der Waals surface area contributed by atoms with Crippen molar-refractivity contribution in [3.05, 3.63) is 54.9 Å². The molecule has 0 aromatic heterocycles. The van der Waals surface area contributed by atoms with Crippen molar-refractivity contribution in [1.82, 2.24) is 0 Å². The summed E-state index contributed by atoms with van der Waals surface area (Å²) >= 11 is 18.2. The van der Waals surface area contributed by atoms with Gasteiger partial charge >= 0.3 is 0 Å². The maximum absolute atomic E-state index is 12.1. The number of nitrogens with one attached hydrogen (secondary N) is 1. The molecule has 0 fully saturated rings. The molecular formula is C13H7Br2Cl2NO2. The van der Waals surface area contributed by atoms with Crippen LogP contribution in [0.3, 0.4) is 0 Å². The Morgan fingerprint density at radius 3 is 2.35 bits per heavy atom. The third-order valence-electron chi connectivity index (χ3n) is 2.46. The maximum atomic E-state index is 12.1. The zero-order chi connectivity index (χ0) is 14.9. The van der Waals surface area contributed by atoms with Crippen molar-refractivity contribution < 1.29 is 9.90 Å². The largest absolute Gasteiger partial charge is 0.507 e. The van der Waals surface area contributed by atoms with Crippen LogP contribution in [0.1, 0.15) is 10.4 Å². The summed E-state index contributed by atoms with van der Waals surface area (Å²) in [4.78, 5) is 12.1. The number of benzene rings is 2. The van der Waals surface area contributed by atoms with E-state index in [4.69, 9.17) is 23.2 Å². The molecule has 7 heteroatoms. The molecule has 0 unspecified atom stereocenters. The monoisotopic (exact) mass is 437 g/mol. The normalized spacial score (nSPS) is 10.4. The van der Waals surface area contributed by atoms with Crippen molar-refractivity contribution in [1.29, 1.82) is 0 Å². The number of halogens is 4. The average Bonchev–Trinajstić information content (AvgIpc) is 2.38. The van der Waals surface area contributed by atoms with E-state index in [2.05, 4.69) is 37.2 Å². The van der Waals surface area contributed by atoms with E-state index < -0.39 is 5.91 Å². The summed E-state index contributed by atoms with van der Waals surface area (Å²) in [6, 6.07) is 7.70. The second-order valence-corrected chi connectivity index (χ2v) is 6.39. The SMILES string of the molecule is O=C(Nc1ccc(Cl)c(Cl)c1)c1cc(Br)c(Br)cc1O. The first-order valence-corrected chi connectivity index (χ1v) is 7.67. The van der Waals surface area contributed by atoms with Gasteiger partial charge in [-0.1, -0.05) is 23.2 Å². The highest BCUT2D eigenvalue weighted by atomic mass is 79.9. The van der Waals surface area contributed by atoms with Gasteiger partial charge in [-0.2, -0.15) is 0 Å². The molecule has 0 radical (unpaired) electrons. The molecule has 0 aliphatic rings. The van der Waals surface area contributed by atoms with E-state index in [0.717, 1.165) is 0 Å². The minimum absolute atomic E-state index is 0.127. The van der Waals surface area contributed by atoms with Crippen LogP contribution in [0, 0.1) is 0 Å². The lowest BCUT2D eigenvalue weighted by atomic mass is 10.2. The number of hydrogen-bond donors (Lipinski definition) is 2. The molecule has 1 amide bonds. The van der Waals surface area contributed by atoms with Gasteiger partial charge in [0.25, 0.3) is 5.91 Å². The second kappa shape index (κ2) is 6.35. The Kier molecular flexibility index (Phi) is 4.96. The smallest absolute Gasteiger partial charge is 0.259 e. The van der Waals surface area contributed by atoms with Crippen LogP contribution in [0.2, 0.25) is 10.0 Å². The fraction of sp³-hybridized carbons (Fsp3) is 0. The van der Waals surface area contributed by atoms with Gasteiger partial charge in [0.05, 0.1) is 15.6 Å². The number of carbonyl (C=O) groups excluding carboxylic acids is 1. The van der Waals surface area contributed by atoms with E-state index in [1.807, 2.05) is 0 Å². The summed E-state index contributed by atoms with van der Waals surface area (Å²) in [5, 5.41) is 13.2. The van der Waals surface area contributed by atoms with Crippen molar-refractivity contribution in [2.24, 2.45) is 0 Å². The van der Waals surface area contributed by atoms with Gasteiger partial charge < -0.3 is 10.4 Å². The van der Waals surface area contributed by atoms with Crippen LogP contribution >= 0.6 is 55.1 Å². The lowest BCUT2D eigenvalue weighted by Gasteiger charge is -2.09. The molecule has 0 aliphatic heterocycles. The molecule has 0 spiro atoms. The standard InChI is InChI=1S/C13H7Br2Cl2NO2/c14-8-4-7(12(19)5-9(8)15)13(20)18-6-1-2-10(16)11(17)3-6/h1-5,19H,(H,18,20). The number of amides is 1. The predicted octanol–water partition coefficient (Wildman–Crippen LogP) is 5.48. The lowest BCUT2D eigenvalue weighted by Crippen LogP contribution is -2.12. The first kappa shape index (κ1) is 15.6. The molecule has 0 saturated heterocycles. The fourth-order valence-corrected chi connectivity index (χ4v) is 2.46. The molecule has 0 bridgehead atoms. The number of phenolic OH excluding ortho intramolecular Hbond substituents is 1. The number of hydrogen-bond acceptors (Lipinski definition) is 2. The molecular weight excluding hydrogens is 433 g/mol. The Balaban J connectivity index is 2.28. The Bertz CT molecular complexity index is 692. The van der Waals surface area contributed by atoms with E-state index in [1.165, 1.54) is 18.2 Å². The van der Waals surface area contributed by atoms with E-state index >= 15 is 0 Å². The summed E-state index contributed by atoms with van der Waals surface area (Å²) in [6.45, 7) is 0. The third-order valence-corrected chi connectivity index (χ3v) is 5.04. The first-order chi connectivity index (χ1) is 9.38. The Hall–Kier alpha value is -0.750. The highest BCUT2D eigenvalue weighted by Gasteiger charge is 2.14. The lowest BCUT2D eigenvalue weighted by molar-refractivity contribution is 0.102. The van der Waals surface area contributed by atoms with E-state index in [-0.39, 0.29) is 11.3 Å². The van der Waals surface area contributed by atoms with Crippen LogP contribution in [-0.2, 0) is 0 Å². The molecule has 3 nitrogen and oxygen atoms in total. The first-order valence-electron chi connectivity index (χ1n) is 5.33.